The van der Waals surface area contributed by atoms with E-state index in [0.29, 0.717) is 41.5 Å². The molecule has 3 saturated carbocycles. The quantitative estimate of drug-likeness (QED) is 0.510. The number of phenolic OH excluding ortho intramolecular Hbond substituents is 2. The Hall–Kier alpha value is -2.55. The van der Waals surface area contributed by atoms with Crippen LogP contribution in [0.4, 0.5) is 0 Å². The van der Waals surface area contributed by atoms with Crippen molar-refractivity contribution in [1.29, 1.82) is 0 Å². The summed E-state index contributed by atoms with van der Waals surface area (Å²) < 4.78 is 0. The van der Waals surface area contributed by atoms with Crippen LogP contribution >= 0.6 is 0 Å². The fourth-order valence-corrected chi connectivity index (χ4v) is 9.26. The summed E-state index contributed by atoms with van der Waals surface area (Å²) in [4.78, 5) is 12.3. The zero-order valence-electron chi connectivity index (χ0n) is 20.4. The van der Waals surface area contributed by atoms with E-state index >= 15 is 0 Å². The molecule has 6 atom stereocenters. The second-order valence-electron chi connectivity index (χ2n) is 12.0. The van der Waals surface area contributed by atoms with Gasteiger partial charge in [0.1, 0.15) is 11.5 Å². The van der Waals surface area contributed by atoms with Gasteiger partial charge in [0.15, 0.2) is 5.78 Å². The van der Waals surface area contributed by atoms with E-state index in [1.807, 2.05) is 30.3 Å². The van der Waals surface area contributed by atoms with Crippen LogP contribution in [-0.4, -0.2) is 16.0 Å². The Kier molecular flexibility index (Phi) is 4.82. The van der Waals surface area contributed by atoms with Crippen molar-refractivity contribution < 1.29 is 15.0 Å². The molecule has 178 valence electrons. The molecule has 34 heavy (non-hydrogen) atoms. The molecule has 0 amide bonds. The van der Waals surface area contributed by atoms with Gasteiger partial charge >= 0.3 is 0 Å². The van der Waals surface area contributed by atoms with E-state index in [1.165, 1.54) is 23.1 Å². The number of carbonyl (C=O) groups excluding carboxylic acids is 1. The van der Waals surface area contributed by atoms with Crippen molar-refractivity contribution in [3.63, 3.8) is 0 Å². The lowest BCUT2D eigenvalue weighted by molar-refractivity contribution is -0.118. The highest BCUT2D eigenvalue weighted by Crippen LogP contribution is 2.74. The first-order chi connectivity index (χ1) is 16.3. The molecule has 4 aliphatic rings. The molecular formula is C31H36O3. The molecule has 2 aromatic carbocycles. The Labute approximate surface area is 202 Å². The highest BCUT2D eigenvalue weighted by atomic mass is 16.3. The molecule has 6 rings (SSSR count). The molecule has 0 radical (unpaired) electrons. The Morgan fingerprint density at radius 1 is 0.765 bits per heavy atom. The zero-order valence-corrected chi connectivity index (χ0v) is 20.4. The molecule has 3 heteroatoms. The van der Waals surface area contributed by atoms with Crippen LogP contribution in [0.3, 0.4) is 0 Å². The summed E-state index contributed by atoms with van der Waals surface area (Å²) >= 11 is 0. The summed E-state index contributed by atoms with van der Waals surface area (Å²) in [5.41, 5.74) is 4.39. The predicted molar refractivity (Wildman–Crippen MR) is 134 cm³/mol. The topological polar surface area (TPSA) is 57.5 Å². The number of benzene rings is 2. The largest absolute Gasteiger partial charge is 0.508 e. The van der Waals surface area contributed by atoms with Gasteiger partial charge in [-0.25, -0.2) is 0 Å². The van der Waals surface area contributed by atoms with E-state index in [4.69, 9.17) is 0 Å². The Morgan fingerprint density at radius 2 is 1.44 bits per heavy atom. The van der Waals surface area contributed by atoms with Gasteiger partial charge in [-0.3, -0.25) is 4.79 Å². The minimum atomic E-state index is 0.0438. The van der Waals surface area contributed by atoms with Crippen molar-refractivity contribution in [3.05, 3.63) is 71.3 Å². The highest BCUT2D eigenvalue weighted by Gasteiger charge is 2.67. The third-order valence-corrected chi connectivity index (χ3v) is 10.9. The maximum Gasteiger partial charge on any atom is 0.155 e. The second kappa shape index (κ2) is 7.47. The number of allylic oxidation sites excluding steroid dienone is 1. The van der Waals surface area contributed by atoms with Crippen molar-refractivity contribution >= 4 is 5.78 Å². The molecule has 0 saturated heterocycles. The smallest absolute Gasteiger partial charge is 0.155 e. The normalized spacial score (nSPS) is 39.1. The first-order valence-electron chi connectivity index (χ1n) is 13.1. The molecule has 1 unspecified atom stereocenters. The minimum Gasteiger partial charge on any atom is -0.508 e. The van der Waals surface area contributed by atoms with Gasteiger partial charge in [0.05, 0.1) is 0 Å². The lowest BCUT2D eigenvalue weighted by Crippen LogP contribution is -2.58. The Morgan fingerprint density at radius 3 is 2.15 bits per heavy atom. The zero-order chi connectivity index (χ0) is 23.7. The summed E-state index contributed by atoms with van der Waals surface area (Å²) in [7, 11) is 0. The third-order valence-electron chi connectivity index (χ3n) is 10.9. The Bertz CT molecular complexity index is 1150. The monoisotopic (exact) mass is 456 g/mol. The van der Waals surface area contributed by atoms with Gasteiger partial charge in [0.2, 0.25) is 0 Å². The average molecular weight is 457 g/mol. The van der Waals surface area contributed by atoms with Crippen LogP contribution in [0.2, 0.25) is 0 Å². The van der Waals surface area contributed by atoms with Gasteiger partial charge in [-0.2, -0.15) is 0 Å². The highest BCUT2D eigenvalue weighted by molar-refractivity contribution is 5.91. The minimum absolute atomic E-state index is 0.0438. The molecule has 0 spiro atoms. The predicted octanol–water partition coefficient (Wildman–Crippen LogP) is 7.04. The number of hydrogen-bond acceptors (Lipinski definition) is 3. The number of rotatable bonds is 2. The fraction of sp³-hybridized carbons (Fsp3) is 0.516. The molecule has 3 fully saturated rings. The molecule has 4 aliphatic carbocycles. The Balaban J connectivity index is 1.50. The molecule has 0 aromatic heterocycles. The number of ketones is 1. The maximum atomic E-state index is 12.3. The van der Waals surface area contributed by atoms with Crippen LogP contribution in [0, 0.1) is 22.7 Å². The fourth-order valence-electron chi connectivity index (χ4n) is 9.26. The van der Waals surface area contributed by atoms with Crippen molar-refractivity contribution in [2.24, 2.45) is 22.7 Å². The molecule has 3 nitrogen and oxygen atoms in total. The average Bonchev–Trinajstić information content (AvgIpc) is 3.14. The number of hydrogen-bond donors (Lipinski definition) is 2. The van der Waals surface area contributed by atoms with Crippen LogP contribution in [0.1, 0.15) is 82.3 Å². The lowest BCUT2D eigenvalue weighted by Gasteiger charge is -2.64. The van der Waals surface area contributed by atoms with Gasteiger partial charge in [0, 0.05) is 11.8 Å². The van der Waals surface area contributed by atoms with Gasteiger partial charge < -0.3 is 10.2 Å². The van der Waals surface area contributed by atoms with E-state index in [2.05, 4.69) is 38.1 Å². The van der Waals surface area contributed by atoms with Crippen LogP contribution < -0.4 is 0 Å². The molecule has 2 N–H and O–H groups in total. The van der Waals surface area contributed by atoms with Crippen LogP contribution in [0.5, 0.6) is 11.5 Å². The van der Waals surface area contributed by atoms with Crippen molar-refractivity contribution in [2.75, 3.05) is 0 Å². The second-order valence-corrected chi connectivity index (χ2v) is 12.0. The molecule has 0 aliphatic heterocycles. The maximum absolute atomic E-state index is 12.3. The van der Waals surface area contributed by atoms with Crippen molar-refractivity contribution in [1.82, 2.24) is 0 Å². The molecular weight excluding hydrogens is 420 g/mol. The summed E-state index contributed by atoms with van der Waals surface area (Å²) in [6.45, 7) is 4.97. The van der Waals surface area contributed by atoms with Gasteiger partial charge in [0.25, 0.3) is 0 Å². The number of aromatic hydroxyl groups is 2. The van der Waals surface area contributed by atoms with E-state index in [-0.39, 0.29) is 16.2 Å². The summed E-state index contributed by atoms with van der Waals surface area (Å²) in [6, 6.07) is 16.0. The standard InChI is InChI=1S/C31H36O3/c1-29-16-13-25(34)19-22(29)7-12-28-27(29)14-17-30(2)26(20-3-8-23(32)9-4-20)15-18-31(28,30)21-5-10-24(33)11-6-21/h3-6,8-11,19,26-28,32-33H,7,12-18H2,1-2H3/t26?,27-,28-,29+,30-,31-/m1/s1. The van der Waals surface area contributed by atoms with E-state index in [9.17, 15) is 15.0 Å². The van der Waals surface area contributed by atoms with Crippen molar-refractivity contribution in [3.8, 4) is 11.5 Å². The van der Waals surface area contributed by atoms with Gasteiger partial charge in [-0.05, 0) is 115 Å². The summed E-state index contributed by atoms with van der Waals surface area (Å²) in [5.74, 6) is 2.56. The van der Waals surface area contributed by atoms with Crippen LogP contribution in [0.15, 0.2) is 60.2 Å². The SMILES string of the molecule is C[C@]12CCC(=O)C=C1CC[C@@H]1[C@H]2CC[C@]2(C)C(c3ccc(O)cc3)CC[C@@]12c1ccc(O)cc1. The third kappa shape index (κ3) is 2.85. The first-order valence-corrected chi connectivity index (χ1v) is 13.1. The molecule has 0 heterocycles. The first kappa shape index (κ1) is 21.9. The van der Waals surface area contributed by atoms with Crippen LogP contribution in [0.25, 0.3) is 0 Å². The molecule has 2 aromatic rings. The van der Waals surface area contributed by atoms with E-state index in [0.717, 1.165) is 38.5 Å². The lowest BCUT2D eigenvalue weighted by atomic mass is 9.40. The number of phenols is 2. The van der Waals surface area contributed by atoms with Crippen molar-refractivity contribution in [2.45, 2.75) is 76.5 Å². The molecule has 0 bridgehead atoms. The summed E-state index contributed by atoms with van der Waals surface area (Å²) in [5, 5.41) is 20.0. The van der Waals surface area contributed by atoms with Gasteiger partial charge in [-0.15, -0.1) is 0 Å². The summed E-state index contributed by atoms with van der Waals surface area (Å²) in [6.07, 6.45) is 10.5. The van der Waals surface area contributed by atoms with E-state index < -0.39 is 0 Å². The number of carbonyl (C=O) groups is 1. The van der Waals surface area contributed by atoms with Gasteiger partial charge in [-0.1, -0.05) is 43.7 Å². The van der Waals surface area contributed by atoms with E-state index in [1.54, 1.807) is 0 Å². The number of fused-ring (bicyclic) bond motifs is 5. The van der Waals surface area contributed by atoms with Crippen LogP contribution in [-0.2, 0) is 10.2 Å².